The average Bonchev–Trinajstić information content (AvgIpc) is 2.63. The number of sulfonamides is 1. The Bertz CT molecular complexity index is 875. The molecule has 2 aromatic rings. The molecular weight excluding hydrogens is 366 g/mol. The number of carbonyl (C=O) groups excluding carboxylic acids is 1. The highest BCUT2D eigenvalue weighted by molar-refractivity contribution is 7.92. The predicted molar refractivity (Wildman–Crippen MR) is 107 cm³/mol. The summed E-state index contributed by atoms with van der Waals surface area (Å²) in [5, 5.41) is 11.7. The maximum absolute atomic E-state index is 12.6. The molecule has 3 N–H and O–H groups in total. The summed E-state index contributed by atoms with van der Waals surface area (Å²) < 4.78 is 27.9. The van der Waals surface area contributed by atoms with Crippen LogP contribution in [0.5, 0.6) is 0 Å². The van der Waals surface area contributed by atoms with Gasteiger partial charge in [-0.3, -0.25) is 4.72 Å². The number of rotatable bonds is 7. The van der Waals surface area contributed by atoms with Gasteiger partial charge in [0, 0.05) is 18.8 Å². The van der Waals surface area contributed by atoms with E-state index in [2.05, 4.69) is 10.0 Å². The fraction of sp³-hybridized carbons (Fsp3) is 0.316. The Labute approximate surface area is 160 Å². The van der Waals surface area contributed by atoms with Crippen molar-refractivity contribution in [2.45, 2.75) is 25.7 Å². The number of urea groups is 1. The molecule has 2 rings (SSSR count). The predicted octanol–water partition coefficient (Wildman–Crippen LogP) is 2.95. The summed E-state index contributed by atoms with van der Waals surface area (Å²) >= 11 is 0. The number of benzene rings is 2. The number of aliphatic hydroxyl groups is 1. The first-order valence-corrected chi connectivity index (χ1v) is 10.1. The normalized spacial score (nSPS) is 11.1. The first-order chi connectivity index (χ1) is 12.8. The minimum Gasteiger partial charge on any atom is -0.395 e. The van der Waals surface area contributed by atoms with Gasteiger partial charge in [-0.25, -0.2) is 13.2 Å². The van der Waals surface area contributed by atoms with Crippen LogP contribution in [0.3, 0.4) is 0 Å². The number of nitrogens with one attached hydrogen (secondary N) is 2. The van der Waals surface area contributed by atoms with Crippen molar-refractivity contribution in [2.75, 3.05) is 29.7 Å². The van der Waals surface area contributed by atoms with Crippen molar-refractivity contribution in [3.05, 3.63) is 53.6 Å². The molecule has 7 nitrogen and oxygen atoms in total. The van der Waals surface area contributed by atoms with Gasteiger partial charge >= 0.3 is 6.03 Å². The highest BCUT2D eigenvalue weighted by Gasteiger charge is 2.17. The van der Waals surface area contributed by atoms with E-state index >= 15 is 0 Å². The molecule has 0 aliphatic rings. The third-order valence-corrected chi connectivity index (χ3v) is 5.54. The molecule has 0 atom stereocenters. The topological polar surface area (TPSA) is 98.7 Å². The molecule has 0 bridgehead atoms. The molecule has 0 aromatic heterocycles. The van der Waals surface area contributed by atoms with Crippen molar-refractivity contribution >= 4 is 27.4 Å². The van der Waals surface area contributed by atoms with Crippen LogP contribution in [-0.2, 0) is 10.0 Å². The zero-order valence-corrected chi connectivity index (χ0v) is 16.5. The van der Waals surface area contributed by atoms with Gasteiger partial charge in [-0.15, -0.1) is 0 Å². The number of amides is 2. The van der Waals surface area contributed by atoms with Gasteiger partial charge in [0.25, 0.3) is 10.0 Å². The Kier molecular flexibility index (Phi) is 6.81. The number of hydrogen-bond donors (Lipinski definition) is 3. The molecule has 0 spiro atoms. The molecule has 146 valence electrons. The Hall–Kier alpha value is -2.58. The minimum absolute atomic E-state index is 0.103. The molecule has 0 saturated carbocycles. The lowest BCUT2D eigenvalue weighted by Crippen LogP contribution is -2.36. The lowest BCUT2D eigenvalue weighted by molar-refractivity contribution is 0.192. The smallest absolute Gasteiger partial charge is 0.321 e. The number of para-hydroxylation sites is 1. The quantitative estimate of drug-likeness (QED) is 0.676. The second-order valence-electron chi connectivity index (χ2n) is 6.13. The van der Waals surface area contributed by atoms with E-state index in [1.54, 1.807) is 0 Å². The van der Waals surface area contributed by atoms with Crippen LogP contribution >= 0.6 is 0 Å². The lowest BCUT2D eigenvalue weighted by Gasteiger charge is -2.20. The van der Waals surface area contributed by atoms with Crippen molar-refractivity contribution in [2.24, 2.45) is 0 Å². The highest BCUT2D eigenvalue weighted by atomic mass is 32.2. The van der Waals surface area contributed by atoms with Crippen LogP contribution in [0.1, 0.15) is 18.1 Å². The van der Waals surface area contributed by atoms with E-state index < -0.39 is 10.0 Å². The highest BCUT2D eigenvalue weighted by Crippen LogP contribution is 2.24. The Morgan fingerprint density at radius 1 is 1.07 bits per heavy atom. The maximum Gasteiger partial charge on any atom is 0.321 e. The van der Waals surface area contributed by atoms with Gasteiger partial charge in [-0.2, -0.15) is 0 Å². The van der Waals surface area contributed by atoms with E-state index in [9.17, 15) is 13.2 Å². The van der Waals surface area contributed by atoms with Gasteiger partial charge in [0.1, 0.15) is 0 Å². The molecule has 0 aliphatic carbocycles. The molecule has 0 fully saturated rings. The number of hydrogen-bond acceptors (Lipinski definition) is 4. The zero-order valence-electron chi connectivity index (χ0n) is 15.7. The van der Waals surface area contributed by atoms with E-state index in [1.807, 2.05) is 39.0 Å². The van der Waals surface area contributed by atoms with Crippen LogP contribution in [0.4, 0.5) is 16.2 Å². The molecule has 0 unspecified atom stereocenters. The molecule has 2 amide bonds. The van der Waals surface area contributed by atoms with E-state index in [0.29, 0.717) is 17.9 Å². The maximum atomic E-state index is 12.6. The SMILES string of the molecule is CCN(CCO)C(=O)Nc1ccc(S(=O)(=O)Nc2c(C)cccc2C)cc1. The van der Waals surface area contributed by atoms with Gasteiger partial charge < -0.3 is 15.3 Å². The van der Waals surface area contributed by atoms with Crippen LogP contribution in [0.25, 0.3) is 0 Å². The van der Waals surface area contributed by atoms with Crippen LogP contribution < -0.4 is 10.0 Å². The van der Waals surface area contributed by atoms with Crippen molar-refractivity contribution in [3.8, 4) is 0 Å². The summed E-state index contributed by atoms with van der Waals surface area (Å²) in [6.07, 6.45) is 0. The van der Waals surface area contributed by atoms with Crippen molar-refractivity contribution in [3.63, 3.8) is 0 Å². The molecule has 2 aromatic carbocycles. The molecule has 8 heteroatoms. The second kappa shape index (κ2) is 8.88. The monoisotopic (exact) mass is 391 g/mol. The summed E-state index contributed by atoms with van der Waals surface area (Å²) in [7, 11) is -3.74. The Balaban J connectivity index is 2.15. The van der Waals surface area contributed by atoms with Gasteiger partial charge in [-0.1, -0.05) is 18.2 Å². The molecule has 0 saturated heterocycles. The van der Waals surface area contributed by atoms with E-state index in [-0.39, 0.29) is 24.1 Å². The van der Waals surface area contributed by atoms with Gasteiger partial charge in [0.2, 0.25) is 0 Å². The number of nitrogens with zero attached hydrogens (tertiary/aromatic N) is 1. The second-order valence-corrected chi connectivity index (χ2v) is 7.81. The Morgan fingerprint density at radius 2 is 1.67 bits per heavy atom. The average molecular weight is 391 g/mol. The first kappa shape index (κ1) is 20.7. The summed E-state index contributed by atoms with van der Waals surface area (Å²) in [5.74, 6) is 0. The number of aryl methyl sites for hydroxylation is 2. The third-order valence-electron chi connectivity index (χ3n) is 4.17. The number of aliphatic hydroxyl groups excluding tert-OH is 1. The van der Waals surface area contributed by atoms with Gasteiger partial charge in [-0.05, 0) is 56.2 Å². The third kappa shape index (κ3) is 5.21. The summed E-state index contributed by atoms with van der Waals surface area (Å²) in [6.45, 7) is 6.06. The van der Waals surface area contributed by atoms with E-state index in [4.69, 9.17) is 5.11 Å². The van der Waals surface area contributed by atoms with E-state index in [1.165, 1.54) is 29.2 Å². The molecular formula is C19H25N3O4S. The first-order valence-electron chi connectivity index (χ1n) is 8.64. The fourth-order valence-corrected chi connectivity index (χ4v) is 3.82. The fourth-order valence-electron chi connectivity index (χ4n) is 2.61. The summed E-state index contributed by atoms with van der Waals surface area (Å²) in [5.41, 5.74) is 2.72. The molecule has 0 heterocycles. The lowest BCUT2D eigenvalue weighted by atomic mass is 10.1. The largest absolute Gasteiger partial charge is 0.395 e. The number of carbonyl (C=O) groups is 1. The van der Waals surface area contributed by atoms with Crippen LogP contribution in [-0.4, -0.2) is 44.2 Å². The van der Waals surface area contributed by atoms with Crippen molar-refractivity contribution in [1.29, 1.82) is 0 Å². The van der Waals surface area contributed by atoms with Crippen LogP contribution in [0.2, 0.25) is 0 Å². The standard InChI is InChI=1S/C19H25N3O4S/c1-4-22(12-13-23)19(24)20-16-8-10-17(11-9-16)27(25,26)21-18-14(2)6-5-7-15(18)3/h5-11,21,23H,4,12-13H2,1-3H3,(H,20,24). The van der Waals surface area contributed by atoms with Gasteiger partial charge in [0.15, 0.2) is 0 Å². The van der Waals surface area contributed by atoms with Crippen LogP contribution in [0.15, 0.2) is 47.4 Å². The Morgan fingerprint density at radius 3 is 2.19 bits per heavy atom. The zero-order chi connectivity index (χ0) is 20.0. The molecule has 0 aliphatic heterocycles. The molecule has 27 heavy (non-hydrogen) atoms. The van der Waals surface area contributed by atoms with Crippen molar-refractivity contribution in [1.82, 2.24) is 4.90 Å². The van der Waals surface area contributed by atoms with Crippen LogP contribution in [0, 0.1) is 13.8 Å². The number of likely N-dealkylation sites (N-methyl/N-ethyl adjacent to an activating group) is 1. The van der Waals surface area contributed by atoms with Gasteiger partial charge in [0.05, 0.1) is 17.2 Å². The summed E-state index contributed by atoms with van der Waals surface area (Å²) in [6, 6.07) is 11.1. The number of anilines is 2. The van der Waals surface area contributed by atoms with E-state index in [0.717, 1.165) is 11.1 Å². The van der Waals surface area contributed by atoms with Crippen molar-refractivity contribution < 1.29 is 18.3 Å². The minimum atomic E-state index is -3.74. The molecule has 0 radical (unpaired) electrons. The summed E-state index contributed by atoms with van der Waals surface area (Å²) in [4.78, 5) is 13.7.